The minimum Gasteiger partial charge on any atom is -0.422 e. The second kappa shape index (κ2) is 7.13. The molecule has 0 spiro atoms. The Bertz CT molecular complexity index is 1290. The molecule has 1 aromatic carbocycles. The molecule has 0 saturated carbocycles. The van der Waals surface area contributed by atoms with Gasteiger partial charge in [-0.1, -0.05) is 17.2 Å². The van der Waals surface area contributed by atoms with E-state index in [1.807, 2.05) is 0 Å². The molecule has 150 valence electrons. The third kappa shape index (κ3) is 3.61. The highest BCUT2D eigenvalue weighted by atomic mass is 32.2. The second-order valence-corrected chi connectivity index (χ2v) is 7.81. The number of carbonyl (C=O) groups excluding carboxylic acids is 3. The van der Waals surface area contributed by atoms with Gasteiger partial charge in [0, 0.05) is 16.0 Å². The van der Waals surface area contributed by atoms with Gasteiger partial charge in [-0.2, -0.15) is 8.42 Å². The van der Waals surface area contributed by atoms with E-state index in [2.05, 4.69) is 10.0 Å². The Morgan fingerprint density at radius 3 is 2.66 bits per heavy atom. The highest BCUT2D eigenvalue weighted by Gasteiger charge is 2.48. The predicted molar refractivity (Wildman–Crippen MR) is 96.5 cm³/mol. The number of azide groups is 1. The summed E-state index contributed by atoms with van der Waals surface area (Å²) in [5, 5.41) is 1.78. The number of nitrogens with zero attached hydrogens (tertiary/aromatic N) is 4. The number of rotatable bonds is 4. The van der Waals surface area contributed by atoms with Crippen molar-refractivity contribution >= 4 is 44.5 Å². The molecule has 1 unspecified atom stereocenters. The molecule has 0 radical (unpaired) electrons. The molecule has 1 saturated heterocycles. The van der Waals surface area contributed by atoms with E-state index in [1.54, 1.807) is 0 Å². The Labute approximate surface area is 162 Å². The molecule has 13 heteroatoms. The smallest absolute Gasteiger partial charge is 0.340 e. The van der Waals surface area contributed by atoms with Crippen molar-refractivity contribution < 1.29 is 31.8 Å². The third-order valence-corrected chi connectivity index (χ3v) is 5.56. The first-order valence-electron chi connectivity index (χ1n) is 8.02. The normalized spacial score (nSPS) is 16.9. The van der Waals surface area contributed by atoms with Crippen LogP contribution in [0.25, 0.3) is 21.4 Å². The van der Waals surface area contributed by atoms with Crippen molar-refractivity contribution in [2.75, 3.05) is 0 Å². The molecule has 2 heterocycles. The summed E-state index contributed by atoms with van der Waals surface area (Å²) in [5.41, 5.74) is 8.08. The molecule has 1 aliphatic rings. The number of hydrogen-bond donors (Lipinski definition) is 1. The van der Waals surface area contributed by atoms with Crippen LogP contribution < -0.4 is 5.63 Å². The SMILES string of the molecule is Cc1c(CC(=O)N2C(=O)CC(S(=O)(=O)O)C2=O)c(=O)oc2cc(N=[N+]=[N-])ccc12. The van der Waals surface area contributed by atoms with Gasteiger partial charge in [-0.3, -0.25) is 18.9 Å². The van der Waals surface area contributed by atoms with Crippen molar-refractivity contribution in [1.82, 2.24) is 4.90 Å². The lowest BCUT2D eigenvalue weighted by atomic mass is 10.0. The second-order valence-electron chi connectivity index (χ2n) is 6.21. The molecule has 1 aromatic heterocycles. The van der Waals surface area contributed by atoms with Crippen molar-refractivity contribution in [3.63, 3.8) is 0 Å². The largest absolute Gasteiger partial charge is 0.422 e. The van der Waals surface area contributed by atoms with Crippen molar-refractivity contribution in [2.45, 2.75) is 25.0 Å². The van der Waals surface area contributed by atoms with Crippen LogP contribution in [-0.4, -0.2) is 40.8 Å². The minimum absolute atomic E-state index is 0.105. The molecule has 0 bridgehead atoms. The summed E-state index contributed by atoms with van der Waals surface area (Å²) in [7, 11) is -4.86. The molecule has 3 amide bonds. The van der Waals surface area contributed by atoms with E-state index in [-0.39, 0.29) is 21.7 Å². The van der Waals surface area contributed by atoms with E-state index in [1.165, 1.54) is 25.1 Å². The average Bonchev–Trinajstić information content (AvgIpc) is 2.93. The number of aryl methyl sites for hydroxylation is 1. The first kappa shape index (κ1) is 20.2. The topological polar surface area (TPSA) is 188 Å². The summed E-state index contributed by atoms with van der Waals surface area (Å²) in [6, 6.07) is 4.30. The maximum Gasteiger partial charge on any atom is 0.340 e. The Kier molecular flexibility index (Phi) is 4.96. The summed E-state index contributed by atoms with van der Waals surface area (Å²) in [4.78, 5) is 51.5. The van der Waals surface area contributed by atoms with Crippen molar-refractivity contribution in [3.05, 3.63) is 50.2 Å². The van der Waals surface area contributed by atoms with Crippen LogP contribution in [0.1, 0.15) is 17.5 Å². The fourth-order valence-electron chi connectivity index (χ4n) is 3.03. The van der Waals surface area contributed by atoms with E-state index < -0.39 is 51.6 Å². The van der Waals surface area contributed by atoms with Gasteiger partial charge in [0.15, 0.2) is 5.25 Å². The molecule has 1 atom stereocenters. The highest BCUT2D eigenvalue weighted by Crippen LogP contribution is 2.26. The lowest BCUT2D eigenvalue weighted by Gasteiger charge is -2.13. The van der Waals surface area contributed by atoms with Crippen LogP contribution in [0.3, 0.4) is 0 Å². The van der Waals surface area contributed by atoms with Crippen LogP contribution in [0.5, 0.6) is 0 Å². The van der Waals surface area contributed by atoms with Gasteiger partial charge in [0.05, 0.1) is 18.4 Å². The Morgan fingerprint density at radius 2 is 2.07 bits per heavy atom. The van der Waals surface area contributed by atoms with Gasteiger partial charge in [-0.15, -0.1) is 0 Å². The maximum atomic E-state index is 12.5. The zero-order chi connectivity index (χ0) is 21.5. The van der Waals surface area contributed by atoms with Gasteiger partial charge in [0.1, 0.15) is 5.58 Å². The van der Waals surface area contributed by atoms with Gasteiger partial charge in [0.2, 0.25) is 11.8 Å². The Morgan fingerprint density at radius 1 is 1.38 bits per heavy atom. The summed E-state index contributed by atoms with van der Waals surface area (Å²) in [6.45, 7) is 1.52. The highest BCUT2D eigenvalue weighted by molar-refractivity contribution is 7.87. The first-order chi connectivity index (χ1) is 13.5. The molecule has 1 N–H and O–H groups in total. The average molecular weight is 420 g/mol. The lowest BCUT2D eigenvalue weighted by molar-refractivity contribution is -0.148. The number of hydrogen-bond acceptors (Lipinski definition) is 8. The molecular weight excluding hydrogens is 408 g/mol. The monoisotopic (exact) mass is 420 g/mol. The van der Waals surface area contributed by atoms with Crippen LogP contribution in [0.15, 0.2) is 32.5 Å². The predicted octanol–water partition coefficient (Wildman–Crippen LogP) is 1.13. The van der Waals surface area contributed by atoms with Crippen molar-refractivity contribution in [2.24, 2.45) is 5.11 Å². The van der Waals surface area contributed by atoms with E-state index in [4.69, 9.17) is 14.5 Å². The van der Waals surface area contributed by atoms with Gasteiger partial charge in [-0.25, -0.2) is 9.69 Å². The molecular formula is C16H12N4O8S. The Balaban J connectivity index is 1.98. The fourth-order valence-corrected chi connectivity index (χ4v) is 3.74. The summed E-state index contributed by atoms with van der Waals surface area (Å²) in [5.74, 6) is -3.58. The van der Waals surface area contributed by atoms with Crippen LogP contribution in [0.4, 0.5) is 5.69 Å². The van der Waals surface area contributed by atoms with Crippen LogP contribution in [-0.2, 0) is 30.9 Å². The fraction of sp³-hybridized carbons (Fsp3) is 0.250. The molecule has 3 rings (SSSR count). The molecule has 0 aliphatic carbocycles. The van der Waals surface area contributed by atoms with E-state index in [0.29, 0.717) is 10.9 Å². The van der Waals surface area contributed by atoms with Crippen molar-refractivity contribution in [3.8, 4) is 0 Å². The first-order valence-corrected chi connectivity index (χ1v) is 9.52. The minimum atomic E-state index is -4.86. The molecule has 29 heavy (non-hydrogen) atoms. The molecule has 12 nitrogen and oxygen atoms in total. The van der Waals surface area contributed by atoms with Gasteiger partial charge >= 0.3 is 5.63 Å². The number of imide groups is 3. The van der Waals surface area contributed by atoms with E-state index in [9.17, 15) is 27.6 Å². The summed E-state index contributed by atoms with van der Waals surface area (Å²) < 4.78 is 36.6. The Hall–Kier alpha value is -3.54. The standard InChI is InChI=1S/C16H12N4O8S/c1-7-9-3-2-8(18-19-17)4-11(9)28-16(24)10(7)5-13(21)20-14(22)6-12(15(20)23)29(25,26)27/h2-4,12H,5-6H2,1H3,(H,25,26,27). The summed E-state index contributed by atoms with van der Waals surface area (Å²) in [6.07, 6.45) is -1.56. The van der Waals surface area contributed by atoms with E-state index >= 15 is 0 Å². The van der Waals surface area contributed by atoms with Crippen LogP contribution >= 0.6 is 0 Å². The zero-order valence-electron chi connectivity index (χ0n) is 14.7. The number of likely N-dealkylation sites (tertiary alicyclic amines) is 1. The third-order valence-electron chi connectivity index (χ3n) is 4.47. The van der Waals surface area contributed by atoms with E-state index in [0.717, 1.165) is 0 Å². The quantitative estimate of drug-likeness (QED) is 0.190. The van der Waals surface area contributed by atoms with Gasteiger partial charge < -0.3 is 4.42 Å². The maximum absolute atomic E-state index is 12.5. The lowest BCUT2D eigenvalue weighted by Crippen LogP contribution is -2.40. The molecule has 1 fully saturated rings. The van der Waals surface area contributed by atoms with Crippen LogP contribution in [0.2, 0.25) is 0 Å². The molecule has 2 aromatic rings. The van der Waals surface area contributed by atoms with Crippen molar-refractivity contribution in [1.29, 1.82) is 0 Å². The molecule has 1 aliphatic heterocycles. The van der Waals surface area contributed by atoms with Gasteiger partial charge in [0.25, 0.3) is 16.0 Å². The number of carbonyl (C=O) groups is 3. The number of benzene rings is 1. The number of fused-ring (bicyclic) bond motifs is 1. The summed E-state index contributed by atoms with van der Waals surface area (Å²) >= 11 is 0. The number of amides is 3. The van der Waals surface area contributed by atoms with Crippen LogP contribution in [0, 0.1) is 6.92 Å². The van der Waals surface area contributed by atoms with Gasteiger partial charge in [-0.05, 0) is 24.1 Å². The zero-order valence-corrected chi connectivity index (χ0v) is 15.5.